The Bertz CT molecular complexity index is 771. The van der Waals surface area contributed by atoms with Crippen LogP contribution in [0.25, 0.3) is 0 Å². The second-order valence-corrected chi connectivity index (χ2v) is 7.39. The summed E-state index contributed by atoms with van der Waals surface area (Å²) >= 11 is 0. The molecule has 1 aromatic carbocycles. The molecule has 0 spiro atoms. The summed E-state index contributed by atoms with van der Waals surface area (Å²) < 4.78 is 65.4. The Hall–Kier alpha value is -2.07. The highest BCUT2D eigenvalue weighted by Crippen LogP contribution is 2.28. The molecule has 1 N–H and O–H groups in total. The molecule has 144 valence electrons. The van der Waals surface area contributed by atoms with Gasteiger partial charge < -0.3 is 9.47 Å². The van der Waals surface area contributed by atoms with E-state index in [4.69, 9.17) is 9.29 Å². The first-order valence-corrected chi connectivity index (χ1v) is 9.38. The van der Waals surface area contributed by atoms with Crippen molar-refractivity contribution in [1.82, 2.24) is 0 Å². The number of benzene rings is 1. The van der Waals surface area contributed by atoms with Crippen molar-refractivity contribution in [2.24, 2.45) is 5.92 Å². The first kappa shape index (κ1) is 20.2. The number of ether oxygens (including phenoxy) is 2. The van der Waals surface area contributed by atoms with E-state index >= 15 is 0 Å². The zero-order valence-corrected chi connectivity index (χ0v) is 14.5. The topological polar surface area (TPSA) is 107 Å². The lowest BCUT2D eigenvalue weighted by atomic mass is 9.89. The molecule has 1 saturated carbocycles. The lowest BCUT2D eigenvalue weighted by molar-refractivity contribution is -0.162. The van der Waals surface area contributed by atoms with Crippen LogP contribution in [0.2, 0.25) is 0 Å². The summed E-state index contributed by atoms with van der Waals surface area (Å²) in [4.78, 5) is 23.4. The second-order valence-electron chi connectivity index (χ2n) is 5.93. The van der Waals surface area contributed by atoms with E-state index in [1.54, 1.807) is 6.07 Å². The number of hydrogen-bond acceptors (Lipinski definition) is 6. The number of carbonyl (C=O) groups excluding carboxylic acids is 2. The van der Waals surface area contributed by atoms with Crippen LogP contribution < -0.4 is 4.74 Å². The number of carbonyl (C=O) groups is 2. The first-order chi connectivity index (χ1) is 12.1. The summed E-state index contributed by atoms with van der Waals surface area (Å²) in [5.41, 5.74) is 0.108. The van der Waals surface area contributed by atoms with Gasteiger partial charge >= 0.3 is 27.3 Å². The number of alkyl halides is 2. The molecule has 0 radical (unpaired) electrons. The first-order valence-electron chi connectivity index (χ1n) is 7.94. The maximum absolute atomic E-state index is 13.2. The van der Waals surface area contributed by atoms with Gasteiger partial charge in [0.15, 0.2) is 0 Å². The van der Waals surface area contributed by atoms with Gasteiger partial charge in [-0.05, 0) is 18.9 Å². The van der Waals surface area contributed by atoms with Gasteiger partial charge in [0.1, 0.15) is 12.4 Å². The molecular weight excluding hydrogens is 374 g/mol. The summed E-state index contributed by atoms with van der Waals surface area (Å²) in [6, 6.07) is 5.83. The van der Waals surface area contributed by atoms with Crippen LogP contribution in [0.3, 0.4) is 0 Å². The molecule has 0 aromatic heterocycles. The summed E-state index contributed by atoms with van der Waals surface area (Å²) in [6.45, 7) is -0.752. The highest BCUT2D eigenvalue weighted by Gasteiger charge is 2.54. The minimum Gasteiger partial charge on any atom is -0.455 e. The fourth-order valence-corrected chi connectivity index (χ4v) is 2.85. The van der Waals surface area contributed by atoms with Crippen LogP contribution in [0.15, 0.2) is 24.3 Å². The number of hydrogen-bond donors (Lipinski definition) is 1. The molecular formula is C16H18F2O7S. The maximum Gasteiger partial charge on any atom is 0.465 e. The average Bonchev–Trinajstić information content (AvgIpc) is 2.60. The number of rotatable bonds is 6. The Balaban J connectivity index is 2.05. The van der Waals surface area contributed by atoms with Crippen molar-refractivity contribution in [3.63, 3.8) is 0 Å². The minimum absolute atomic E-state index is 0.0334. The van der Waals surface area contributed by atoms with Crippen molar-refractivity contribution in [3.05, 3.63) is 29.8 Å². The molecule has 1 aliphatic rings. The highest BCUT2D eigenvalue weighted by molar-refractivity contribution is 7.87. The molecule has 1 aromatic rings. The van der Waals surface area contributed by atoms with Crippen molar-refractivity contribution >= 4 is 22.1 Å². The predicted octanol–water partition coefficient (Wildman–Crippen LogP) is 2.70. The van der Waals surface area contributed by atoms with Crippen LogP contribution in [0.1, 0.15) is 37.7 Å². The largest absolute Gasteiger partial charge is 0.465 e. The third-order valence-electron chi connectivity index (χ3n) is 4.04. The number of esters is 2. The molecule has 0 atom stereocenters. The molecule has 0 bridgehead atoms. The Morgan fingerprint density at radius 2 is 1.77 bits per heavy atom. The molecule has 0 unspecified atom stereocenters. The molecule has 0 saturated heterocycles. The second kappa shape index (κ2) is 8.09. The van der Waals surface area contributed by atoms with Gasteiger partial charge in [0.05, 0.1) is 5.92 Å². The zero-order chi connectivity index (χ0) is 19.4. The fraction of sp³-hybridized carbons (Fsp3) is 0.500. The van der Waals surface area contributed by atoms with Crippen molar-refractivity contribution < 1.29 is 40.8 Å². The van der Waals surface area contributed by atoms with E-state index in [0.29, 0.717) is 12.8 Å². The molecule has 2 rings (SSSR count). The van der Waals surface area contributed by atoms with Gasteiger partial charge in [-0.2, -0.15) is 17.2 Å². The smallest absolute Gasteiger partial charge is 0.455 e. The lowest BCUT2D eigenvalue weighted by Crippen LogP contribution is -2.38. The molecule has 7 nitrogen and oxygen atoms in total. The fourth-order valence-electron chi connectivity index (χ4n) is 2.59. The summed E-state index contributed by atoms with van der Waals surface area (Å²) in [6.07, 6.45) is 4.30. The van der Waals surface area contributed by atoms with Crippen LogP contribution in [-0.4, -0.2) is 30.2 Å². The number of para-hydroxylation sites is 1. The van der Waals surface area contributed by atoms with E-state index in [2.05, 4.69) is 4.74 Å². The predicted molar refractivity (Wildman–Crippen MR) is 84.9 cm³/mol. The van der Waals surface area contributed by atoms with Crippen LogP contribution in [0.5, 0.6) is 5.75 Å². The Kier molecular flexibility index (Phi) is 6.30. The Morgan fingerprint density at radius 1 is 1.15 bits per heavy atom. The third-order valence-corrected chi connectivity index (χ3v) is 4.86. The Labute approximate surface area is 149 Å². The molecule has 0 aliphatic heterocycles. The Morgan fingerprint density at radius 3 is 2.38 bits per heavy atom. The van der Waals surface area contributed by atoms with Gasteiger partial charge in [-0.1, -0.05) is 37.5 Å². The summed E-state index contributed by atoms with van der Waals surface area (Å²) in [5.74, 6) is -3.09. The minimum atomic E-state index is -5.94. The van der Waals surface area contributed by atoms with E-state index in [9.17, 15) is 26.8 Å². The highest BCUT2D eigenvalue weighted by atomic mass is 32.2. The number of halogens is 2. The normalized spacial score (nSPS) is 16.1. The van der Waals surface area contributed by atoms with E-state index in [-0.39, 0.29) is 17.2 Å². The van der Waals surface area contributed by atoms with Crippen molar-refractivity contribution in [1.29, 1.82) is 0 Å². The third kappa shape index (κ3) is 4.76. The molecule has 10 heteroatoms. The standard InChI is InChI=1S/C16H18F2O7S/c17-16(18,26(21,22)23)15(20)24-10-12-8-4-5-9-13(12)25-14(19)11-6-2-1-3-7-11/h4-5,8-9,11H,1-3,6-7,10H2,(H,21,22,23). The van der Waals surface area contributed by atoms with Crippen LogP contribution in [0, 0.1) is 5.92 Å². The van der Waals surface area contributed by atoms with Crippen LogP contribution in [-0.2, 0) is 31.1 Å². The molecule has 0 amide bonds. The van der Waals surface area contributed by atoms with Gasteiger partial charge in [-0.15, -0.1) is 0 Å². The van der Waals surface area contributed by atoms with E-state index in [1.165, 1.54) is 18.2 Å². The summed E-state index contributed by atoms with van der Waals surface area (Å²) in [7, 11) is -5.94. The molecule has 26 heavy (non-hydrogen) atoms. The zero-order valence-electron chi connectivity index (χ0n) is 13.7. The molecule has 0 heterocycles. The van der Waals surface area contributed by atoms with E-state index < -0.39 is 33.9 Å². The van der Waals surface area contributed by atoms with E-state index in [1.807, 2.05) is 0 Å². The van der Waals surface area contributed by atoms with Gasteiger partial charge in [-0.25, -0.2) is 4.79 Å². The quantitative estimate of drug-likeness (QED) is 0.451. The lowest BCUT2D eigenvalue weighted by Gasteiger charge is -2.20. The maximum atomic E-state index is 13.2. The monoisotopic (exact) mass is 392 g/mol. The summed E-state index contributed by atoms with van der Waals surface area (Å²) in [5, 5.41) is -5.08. The van der Waals surface area contributed by atoms with Gasteiger partial charge in [0.25, 0.3) is 0 Å². The van der Waals surface area contributed by atoms with Gasteiger partial charge in [0.2, 0.25) is 0 Å². The van der Waals surface area contributed by atoms with Gasteiger partial charge in [-0.3, -0.25) is 9.35 Å². The SMILES string of the molecule is O=C(Oc1ccccc1COC(=O)C(F)(F)S(=O)(=O)O)C1CCCCC1. The molecule has 1 aliphatic carbocycles. The van der Waals surface area contributed by atoms with Crippen molar-refractivity contribution in [2.45, 2.75) is 44.0 Å². The average molecular weight is 392 g/mol. The van der Waals surface area contributed by atoms with Crippen molar-refractivity contribution in [2.75, 3.05) is 0 Å². The van der Waals surface area contributed by atoms with E-state index in [0.717, 1.165) is 19.3 Å². The molecule has 1 fully saturated rings. The van der Waals surface area contributed by atoms with Crippen molar-refractivity contribution in [3.8, 4) is 5.75 Å². The van der Waals surface area contributed by atoms with Crippen LogP contribution >= 0.6 is 0 Å². The van der Waals surface area contributed by atoms with Gasteiger partial charge in [0, 0.05) is 5.56 Å². The van der Waals surface area contributed by atoms with Crippen LogP contribution in [0.4, 0.5) is 8.78 Å².